The molecule has 2 N–H and O–H groups in total. The number of ketones is 1. The SMILES string of the molecule is CC(=O)NCc1ccsc1CNCC[C@@]1(c2ccccn2)CCC(=O)C2(CCCC2)C1. The van der Waals surface area contributed by atoms with Gasteiger partial charge in [0.15, 0.2) is 0 Å². The Bertz CT molecular complexity index is 905. The number of nitrogens with one attached hydrogen (secondary N) is 2. The minimum absolute atomic E-state index is 0.00454. The van der Waals surface area contributed by atoms with E-state index in [1.54, 1.807) is 18.3 Å². The molecule has 6 heteroatoms. The zero-order chi connectivity index (χ0) is 21.7. The van der Waals surface area contributed by atoms with Crippen LogP contribution >= 0.6 is 11.3 Å². The number of aromatic nitrogens is 1. The third-order valence-corrected chi connectivity index (χ3v) is 8.26. The van der Waals surface area contributed by atoms with Gasteiger partial charge in [-0.05, 0) is 67.8 Å². The van der Waals surface area contributed by atoms with Crippen molar-refractivity contribution < 1.29 is 9.59 Å². The molecule has 0 saturated heterocycles. The summed E-state index contributed by atoms with van der Waals surface area (Å²) in [5.41, 5.74) is 2.19. The fraction of sp³-hybridized carbons (Fsp3) is 0.560. The van der Waals surface area contributed by atoms with Gasteiger partial charge < -0.3 is 10.6 Å². The molecule has 2 aromatic heterocycles. The molecule has 1 amide bonds. The van der Waals surface area contributed by atoms with Crippen LogP contribution < -0.4 is 10.6 Å². The first-order chi connectivity index (χ1) is 15.0. The fourth-order valence-electron chi connectivity index (χ4n) is 5.63. The van der Waals surface area contributed by atoms with Crippen LogP contribution in [0.25, 0.3) is 0 Å². The van der Waals surface area contributed by atoms with E-state index < -0.39 is 0 Å². The van der Waals surface area contributed by atoms with Gasteiger partial charge >= 0.3 is 0 Å². The lowest BCUT2D eigenvalue weighted by atomic mass is 9.58. The van der Waals surface area contributed by atoms with Gasteiger partial charge in [0.1, 0.15) is 5.78 Å². The molecule has 4 rings (SSSR count). The molecule has 31 heavy (non-hydrogen) atoms. The largest absolute Gasteiger partial charge is 0.352 e. The number of Topliss-reactive ketones (excluding diaryl/α,β-unsaturated/α-hetero) is 1. The topological polar surface area (TPSA) is 71.1 Å². The van der Waals surface area contributed by atoms with E-state index in [1.807, 2.05) is 12.3 Å². The van der Waals surface area contributed by atoms with Crippen molar-refractivity contribution in [2.24, 2.45) is 5.41 Å². The molecule has 2 fully saturated rings. The first-order valence-corrected chi connectivity index (χ1v) is 12.4. The molecule has 1 spiro atoms. The molecule has 2 aliphatic carbocycles. The van der Waals surface area contributed by atoms with Gasteiger partial charge in [-0.2, -0.15) is 0 Å². The summed E-state index contributed by atoms with van der Waals surface area (Å²) in [5.74, 6) is 0.487. The highest BCUT2D eigenvalue weighted by atomic mass is 32.1. The Hall–Kier alpha value is -2.05. The maximum absolute atomic E-state index is 12.9. The lowest BCUT2D eigenvalue weighted by Gasteiger charge is -2.45. The van der Waals surface area contributed by atoms with E-state index in [-0.39, 0.29) is 16.7 Å². The Morgan fingerprint density at radius 1 is 1.16 bits per heavy atom. The molecule has 0 aromatic carbocycles. The number of nitrogens with zero attached hydrogens (tertiary/aromatic N) is 1. The summed E-state index contributed by atoms with van der Waals surface area (Å²) in [6.45, 7) is 3.82. The molecule has 0 aliphatic heterocycles. The molecule has 0 unspecified atom stereocenters. The highest BCUT2D eigenvalue weighted by Gasteiger charge is 2.51. The number of hydrogen-bond donors (Lipinski definition) is 2. The van der Waals surface area contributed by atoms with Crippen molar-refractivity contribution in [3.8, 4) is 0 Å². The molecule has 1 atom stereocenters. The third kappa shape index (κ3) is 4.90. The predicted octanol–water partition coefficient (Wildman–Crippen LogP) is 4.51. The quantitative estimate of drug-likeness (QED) is 0.594. The summed E-state index contributed by atoms with van der Waals surface area (Å²) in [6, 6.07) is 8.30. The molecule has 166 valence electrons. The van der Waals surface area contributed by atoms with Crippen LogP contribution in [0.3, 0.4) is 0 Å². The molecule has 2 aliphatic rings. The van der Waals surface area contributed by atoms with Gasteiger partial charge in [-0.15, -0.1) is 11.3 Å². The Morgan fingerprint density at radius 2 is 2.00 bits per heavy atom. The van der Waals surface area contributed by atoms with Crippen molar-refractivity contribution in [2.75, 3.05) is 6.54 Å². The van der Waals surface area contributed by atoms with E-state index >= 15 is 0 Å². The highest BCUT2D eigenvalue weighted by molar-refractivity contribution is 7.10. The Kier molecular flexibility index (Phi) is 6.87. The summed E-state index contributed by atoms with van der Waals surface area (Å²) in [6.07, 6.45) is 9.87. The summed E-state index contributed by atoms with van der Waals surface area (Å²) >= 11 is 1.73. The van der Waals surface area contributed by atoms with Crippen LogP contribution in [0.1, 0.15) is 74.4 Å². The Labute approximate surface area is 189 Å². The summed E-state index contributed by atoms with van der Waals surface area (Å²) < 4.78 is 0. The molecule has 2 aromatic rings. The molecule has 2 saturated carbocycles. The number of thiophene rings is 1. The predicted molar refractivity (Wildman–Crippen MR) is 124 cm³/mol. The van der Waals surface area contributed by atoms with Crippen molar-refractivity contribution in [3.63, 3.8) is 0 Å². The van der Waals surface area contributed by atoms with Gasteiger partial charge in [-0.3, -0.25) is 14.6 Å². The first-order valence-electron chi connectivity index (χ1n) is 11.5. The molecular weight excluding hydrogens is 406 g/mol. The maximum atomic E-state index is 12.9. The summed E-state index contributed by atoms with van der Waals surface area (Å²) in [4.78, 5) is 30.2. The second kappa shape index (κ2) is 9.61. The average molecular weight is 440 g/mol. The zero-order valence-corrected chi connectivity index (χ0v) is 19.2. The fourth-order valence-corrected chi connectivity index (χ4v) is 6.50. The van der Waals surface area contributed by atoms with Gasteiger partial charge in [-0.25, -0.2) is 0 Å². The minimum atomic E-state index is -0.116. The van der Waals surface area contributed by atoms with Crippen LogP contribution in [0.4, 0.5) is 0 Å². The smallest absolute Gasteiger partial charge is 0.217 e. The van der Waals surface area contributed by atoms with Crippen LogP contribution in [0.15, 0.2) is 35.8 Å². The second-order valence-corrected chi connectivity index (χ2v) is 10.3. The van der Waals surface area contributed by atoms with E-state index in [0.717, 1.165) is 50.9 Å². The number of carbonyl (C=O) groups excluding carboxylic acids is 2. The number of amides is 1. The first kappa shape index (κ1) is 22.2. The third-order valence-electron chi connectivity index (χ3n) is 7.30. The monoisotopic (exact) mass is 439 g/mol. The lowest BCUT2D eigenvalue weighted by molar-refractivity contribution is -0.133. The Balaban J connectivity index is 1.43. The molecule has 0 bridgehead atoms. The van der Waals surface area contributed by atoms with Gasteiger partial charge in [0, 0.05) is 54.0 Å². The van der Waals surface area contributed by atoms with E-state index in [0.29, 0.717) is 18.7 Å². The summed E-state index contributed by atoms with van der Waals surface area (Å²) in [7, 11) is 0. The lowest BCUT2D eigenvalue weighted by Crippen LogP contribution is -2.45. The summed E-state index contributed by atoms with van der Waals surface area (Å²) in [5, 5.41) is 8.61. The highest BCUT2D eigenvalue weighted by Crippen LogP contribution is 2.54. The van der Waals surface area contributed by atoms with Crippen molar-refractivity contribution in [1.29, 1.82) is 0 Å². The molecule has 2 heterocycles. The van der Waals surface area contributed by atoms with Crippen molar-refractivity contribution in [3.05, 3.63) is 52.0 Å². The van der Waals surface area contributed by atoms with E-state index in [2.05, 4.69) is 34.2 Å². The van der Waals surface area contributed by atoms with Gasteiger partial charge in [0.05, 0.1) is 0 Å². The van der Waals surface area contributed by atoms with E-state index in [1.165, 1.54) is 23.3 Å². The second-order valence-electron chi connectivity index (χ2n) is 9.29. The molecular formula is C25H33N3O2S. The maximum Gasteiger partial charge on any atom is 0.217 e. The minimum Gasteiger partial charge on any atom is -0.352 e. The number of hydrogen-bond acceptors (Lipinski definition) is 5. The number of rotatable bonds is 8. The van der Waals surface area contributed by atoms with Crippen molar-refractivity contribution in [2.45, 2.75) is 76.8 Å². The van der Waals surface area contributed by atoms with E-state index in [9.17, 15) is 9.59 Å². The Morgan fingerprint density at radius 3 is 2.74 bits per heavy atom. The van der Waals surface area contributed by atoms with Crippen molar-refractivity contribution >= 4 is 23.0 Å². The van der Waals surface area contributed by atoms with Gasteiger partial charge in [0.2, 0.25) is 5.91 Å². The van der Waals surface area contributed by atoms with E-state index in [4.69, 9.17) is 4.98 Å². The average Bonchev–Trinajstić information content (AvgIpc) is 3.43. The molecule has 5 nitrogen and oxygen atoms in total. The van der Waals surface area contributed by atoms with Gasteiger partial charge in [0.25, 0.3) is 0 Å². The molecule has 0 radical (unpaired) electrons. The van der Waals surface area contributed by atoms with Crippen LogP contribution in [-0.4, -0.2) is 23.2 Å². The normalized spacial score (nSPS) is 22.7. The van der Waals surface area contributed by atoms with Crippen LogP contribution in [-0.2, 0) is 28.1 Å². The zero-order valence-electron chi connectivity index (χ0n) is 18.4. The van der Waals surface area contributed by atoms with Crippen molar-refractivity contribution in [1.82, 2.24) is 15.6 Å². The van der Waals surface area contributed by atoms with Crippen LogP contribution in [0.2, 0.25) is 0 Å². The number of pyridine rings is 1. The van der Waals surface area contributed by atoms with Gasteiger partial charge in [-0.1, -0.05) is 18.9 Å². The van der Waals surface area contributed by atoms with Crippen LogP contribution in [0, 0.1) is 5.41 Å². The standard InChI is InChI=1S/C25H33N3O2S/c1-19(29)28-16-20-8-15-31-21(20)17-26-14-12-24(22-6-2-5-13-27-22)11-7-23(30)25(18-24)9-3-4-10-25/h2,5-6,8,13,15,26H,3-4,7,9-12,14,16-18H2,1H3,(H,28,29)/t24-/m0/s1. The number of carbonyl (C=O) groups is 2. The van der Waals surface area contributed by atoms with Crippen LogP contribution in [0.5, 0.6) is 0 Å².